The summed E-state index contributed by atoms with van der Waals surface area (Å²) >= 11 is 0. The fourth-order valence-electron chi connectivity index (χ4n) is 1.17. The van der Waals surface area contributed by atoms with Gasteiger partial charge in [0.15, 0.2) is 0 Å². The monoisotopic (exact) mass is 214 g/mol. The maximum absolute atomic E-state index is 10.9. The van der Waals surface area contributed by atoms with Crippen molar-refractivity contribution in [3.05, 3.63) is 35.4 Å². The normalized spacial score (nSPS) is 13.9. The van der Waals surface area contributed by atoms with Crippen LogP contribution in [-0.4, -0.2) is 25.5 Å². The van der Waals surface area contributed by atoms with E-state index in [0.29, 0.717) is 5.56 Å². The van der Waals surface area contributed by atoms with Gasteiger partial charge in [-0.1, -0.05) is 29.8 Å². The molecule has 0 unspecified atom stereocenters. The molecule has 0 aromatic heterocycles. The molecular formula is C10H14O3S. The predicted molar refractivity (Wildman–Crippen MR) is 55.8 cm³/mol. The molecule has 1 N–H and O–H groups in total. The number of aliphatic hydroxyl groups is 1. The van der Waals surface area contributed by atoms with E-state index in [1.807, 2.05) is 19.1 Å². The van der Waals surface area contributed by atoms with Gasteiger partial charge in [-0.05, 0) is 12.5 Å². The van der Waals surface area contributed by atoms with E-state index in [1.54, 1.807) is 12.1 Å². The third kappa shape index (κ3) is 3.47. The first-order valence-electron chi connectivity index (χ1n) is 4.31. The van der Waals surface area contributed by atoms with E-state index in [2.05, 4.69) is 0 Å². The van der Waals surface area contributed by atoms with Crippen LogP contribution in [0.2, 0.25) is 0 Å². The molecule has 0 fully saturated rings. The number of aryl methyl sites for hydroxylation is 1. The molecule has 1 aromatic carbocycles. The summed E-state index contributed by atoms with van der Waals surface area (Å²) in [5.41, 5.74) is 1.72. The average Bonchev–Trinajstić information content (AvgIpc) is 2.02. The summed E-state index contributed by atoms with van der Waals surface area (Å²) in [6, 6.07) is 7.18. The lowest BCUT2D eigenvalue weighted by molar-refractivity contribution is 0.202. The Morgan fingerprint density at radius 2 is 1.79 bits per heavy atom. The zero-order valence-electron chi connectivity index (χ0n) is 8.27. The number of rotatable bonds is 3. The van der Waals surface area contributed by atoms with Crippen molar-refractivity contribution in [1.82, 2.24) is 0 Å². The van der Waals surface area contributed by atoms with Crippen LogP contribution in [-0.2, 0) is 9.84 Å². The molecular weight excluding hydrogens is 200 g/mol. The summed E-state index contributed by atoms with van der Waals surface area (Å²) in [5, 5.41) is 9.57. The predicted octanol–water partition coefficient (Wildman–Crippen LogP) is 1.07. The molecule has 1 atom stereocenters. The van der Waals surface area contributed by atoms with Crippen molar-refractivity contribution >= 4 is 9.84 Å². The molecule has 14 heavy (non-hydrogen) atoms. The lowest BCUT2D eigenvalue weighted by Crippen LogP contribution is -2.12. The van der Waals surface area contributed by atoms with E-state index in [0.717, 1.165) is 11.8 Å². The van der Waals surface area contributed by atoms with Crippen LogP contribution in [0.5, 0.6) is 0 Å². The molecule has 0 spiro atoms. The van der Waals surface area contributed by atoms with Gasteiger partial charge in [-0.25, -0.2) is 8.42 Å². The molecule has 0 bridgehead atoms. The Labute approximate surface area is 84.3 Å². The number of benzene rings is 1. The molecule has 3 nitrogen and oxygen atoms in total. The van der Waals surface area contributed by atoms with Crippen LogP contribution in [0.4, 0.5) is 0 Å². The SMILES string of the molecule is Cc1ccc([C@@H](O)CS(C)(=O)=O)cc1. The van der Waals surface area contributed by atoms with E-state index in [1.165, 1.54) is 0 Å². The van der Waals surface area contributed by atoms with Crippen molar-refractivity contribution in [2.75, 3.05) is 12.0 Å². The maximum atomic E-state index is 10.9. The highest BCUT2D eigenvalue weighted by Crippen LogP contribution is 2.14. The van der Waals surface area contributed by atoms with Gasteiger partial charge in [0.05, 0.1) is 11.9 Å². The van der Waals surface area contributed by atoms with Crippen LogP contribution in [0.3, 0.4) is 0 Å². The van der Waals surface area contributed by atoms with Gasteiger partial charge >= 0.3 is 0 Å². The molecule has 0 aliphatic heterocycles. The van der Waals surface area contributed by atoms with Crippen molar-refractivity contribution < 1.29 is 13.5 Å². The number of hydrogen-bond acceptors (Lipinski definition) is 3. The quantitative estimate of drug-likeness (QED) is 0.819. The van der Waals surface area contributed by atoms with Crippen molar-refractivity contribution in [2.24, 2.45) is 0 Å². The van der Waals surface area contributed by atoms with Gasteiger partial charge in [0, 0.05) is 6.26 Å². The van der Waals surface area contributed by atoms with E-state index >= 15 is 0 Å². The van der Waals surface area contributed by atoms with Crippen LogP contribution in [0.1, 0.15) is 17.2 Å². The van der Waals surface area contributed by atoms with Crippen LogP contribution >= 0.6 is 0 Å². The van der Waals surface area contributed by atoms with E-state index in [-0.39, 0.29) is 5.75 Å². The highest BCUT2D eigenvalue weighted by Gasteiger charge is 2.13. The Morgan fingerprint density at radius 3 is 2.21 bits per heavy atom. The molecule has 78 valence electrons. The summed E-state index contributed by atoms with van der Waals surface area (Å²) in [7, 11) is -3.13. The maximum Gasteiger partial charge on any atom is 0.150 e. The average molecular weight is 214 g/mol. The van der Waals surface area contributed by atoms with E-state index < -0.39 is 15.9 Å². The van der Waals surface area contributed by atoms with Crippen LogP contribution < -0.4 is 0 Å². The molecule has 0 radical (unpaired) electrons. The van der Waals surface area contributed by atoms with E-state index in [4.69, 9.17) is 0 Å². The summed E-state index contributed by atoms with van der Waals surface area (Å²) in [4.78, 5) is 0. The van der Waals surface area contributed by atoms with Gasteiger partial charge in [-0.3, -0.25) is 0 Å². The summed E-state index contributed by atoms with van der Waals surface area (Å²) in [6.07, 6.45) is 0.190. The third-order valence-electron chi connectivity index (χ3n) is 1.92. The first-order valence-corrected chi connectivity index (χ1v) is 6.37. The standard InChI is InChI=1S/C10H14O3S/c1-8-3-5-9(6-4-8)10(11)7-14(2,12)13/h3-6,10-11H,7H2,1-2H3/t10-/m0/s1. The fraction of sp³-hybridized carbons (Fsp3) is 0.400. The Hall–Kier alpha value is -0.870. The highest BCUT2D eigenvalue weighted by atomic mass is 32.2. The number of aliphatic hydroxyl groups excluding tert-OH is 1. The molecule has 0 saturated carbocycles. The second-order valence-electron chi connectivity index (χ2n) is 3.52. The lowest BCUT2D eigenvalue weighted by atomic mass is 10.1. The molecule has 1 rings (SSSR count). The second-order valence-corrected chi connectivity index (χ2v) is 5.70. The Bertz CT molecular complexity index is 392. The van der Waals surface area contributed by atoms with Crippen LogP contribution in [0, 0.1) is 6.92 Å². The van der Waals surface area contributed by atoms with Crippen molar-refractivity contribution in [3.63, 3.8) is 0 Å². The first-order chi connectivity index (χ1) is 6.38. The molecule has 0 aliphatic rings. The zero-order chi connectivity index (χ0) is 10.8. The molecule has 0 aliphatic carbocycles. The topological polar surface area (TPSA) is 54.4 Å². The highest BCUT2D eigenvalue weighted by molar-refractivity contribution is 7.90. The number of sulfone groups is 1. The van der Waals surface area contributed by atoms with Gasteiger partial charge in [0.2, 0.25) is 0 Å². The zero-order valence-corrected chi connectivity index (χ0v) is 9.08. The van der Waals surface area contributed by atoms with E-state index in [9.17, 15) is 13.5 Å². The smallest absolute Gasteiger partial charge is 0.150 e. The third-order valence-corrected chi connectivity index (χ3v) is 2.84. The minimum atomic E-state index is -3.13. The summed E-state index contributed by atoms with van der Waals surface area (Å²) in [6.45, 7) is 1.94. The van der Waals surface area contributed by atoms with Gasteiger partial charge in [-0.15, -0.1) is 0 Å². The molecule has 0 saturated heterocycles. The first kappa shape index (κ1) is 11.2. The summed E-state index contributed by atoms with van der Waals surface area (Å²) < 4.78 is 21.8. The fourth-order valence-corrected chi connectivity index (χ4v) is 1.94. The minimum Gasteiger partial charge on any atom is -0.387 e. The van der Waals surface area contributed by atoms with Crippen LogP contribution in [0.25, 0.3) is 0 Å². The van der Waals surface area contributed by atoms with Gasteiger partial charge in [0.1, 0.15) is 9.84 Å². The summed E-state index contributed by atoms with van der Waals surface area (Å²) in [5.74, 6) is -0.226. The molecule has 4 heteroatoms. The Kier molecular flexibility index (Phi) is 3.29. The van der Waals surface area contributed by atoms with Gasteiger partial charge < -0.3 is 5.11 Å². The van der Waals surface area contributed by atoms with Crippen molar-refractivity contribution in [2.45, 2.75) is 13.0 Å². The lowest BCUT2D eigenvalue weighted by Gasteiger charge is -2.09. The van der Waals surface area contributed by atoms with Gasteiger partial charge in [-0.2, -0.15) is 0 Å². The Balaban J connectivity index is 2.80. The van der Waals surface area contributed by atoms with Gasteiger partial charge in [0.25, 0.3) is 0 Å². The second kappa shape index (κ2) is 4.11. The number of hydrogen-bond donors (Lipinski definition) is 1. The van der Waals surface area contributed by atoms with Crippen molar-refractivity contribution in [1.29, 1.82) is 0 Å². The molecule has 0 amide bonds. The largest absolute Gasteiger partial charge is 0.387 e. The molecule has 0 heterocycles. The molecule has 1 aromatic rings. The Morgan fingerprint density at radius 1 is 1.29 bits per heavy atom. The van der Waals surface area contributed by atoms with Crippen LogP contribution in [0.15, 0.2) is 24.3 Å². The van der Waals surface area contributed by atoms with Crippen molar-refractivity contribution in [3.8, 4) is 0 Å². The minimum absolute atomic E-state index is 0.226.